The van der Waals surface area contributed by atoms with Crippen molar-refractivity contribution in [2.24, 2.45) is 5.92 Å². The Morgan fingerprint density at radius 3 is 2.82 bits per heavy atom. The van der Waals surface area contributed by atoms with Crippen LogP contribution in [-0.2, 0) is 0 Å². The molecular weight excluding hydrogens is 219 g/mol. The van der Waals surface area contributed by atoms with Gasteiger partial charge >= 0.3 is 0 Å². The molecule has 3 heteroatoms. The molecule has 0 radical (unpaired) electrons. The SMILES string of the molecule is Cc1ccc(F)c(OCC(O)C2CCCC2)c1. The first-order chi connectivity index (χ1) is 8.16. The maximum atomic E-state index is 13.4. The van der Waals surface area contributed by atoms with Crippen molar-refractivity contribution in [3.63, 3.8) is 0 Å². The van der Waals surface area contributed by atoms with Crippen LogP contribution in [0.25, 0.3) is 0 Å². The molecule has 1 aromatic carbocycles. The lowest BCUT2D eigenvalue weighted by Gasteiger charge is -2.18. The highest BCUT2D eigenvalue weighted by molar-refractivity contribution is 5.29. The summed E-state index contributed by atoms with van der Waals surface area (Å²) in [5.74, 6) is 0.194. The predicted octanol–water partition coefficient (Wildman–Crippen LogP) is 3.06. The second kappa shape index (κ2) is 5.50. The van der Waals surface area contributed by atoms with Crippen LogP contribution in [0.1, 0.15) is 31.2 Å². The van der Waals surface area contributed by atoms with Gasteiger partial charge in [-0.05, 0) is 43.4 Å². The molecule has 0 spiro atoms. The first-order valence-electron chi connectivity index (χ1n) is 6.24. The van der Waals surface area contributed by atoms with Gasteiger partial charge < -0.3 is 9.84 Å². The fourth-order valence-electron chi connectivity index (χ4n) is 2.37. The largest absolute Gasteiger partial charge is 0.488 e. The molecule has 0 aromatic heterocycles. The zero-order valence-corrected chi connectivity index (χ0v) is 10.2. The summed E-state index contributed by atoms with van der Waals surface area (Å²) in [6.07, 6.45) is 4.00. The Bertz CT molecular complexity index is 372. The number of aliphatic hydroxyl groups excluding tert-OH is 1. The zero-order chi connectivity index (χ0) is 12.3. The Morgan fingerprint density at radius 1 is 1.41 bits per heavy atom. The van der Waals surface area contributed by atoms with Crippen LogP contribution >= 0.6 is 0 Å². The van der Waals surface area contributed by atoms with Gasteiger partial charge in [-0.25, -0.2) is 4.39 Å². The van der Waals surface area contributed by atoms with Crippen molar-refractivity contribution >= 4 is 0 Å². The van der Waals surface area contributed by atoms with E-state index in [2.05, 4.69) is 0 Å². The topological polar surface area (TPSA) is 29.5 Å². The van der Waals surface area contributed by atoms with Gasteiger partial charge in [-0.1, -0.05) is 18.9 Å². The van der Waals surface area contributed by atoms with E-state index in [9.17, 15) is 9.50 Å². The molecule has 2 rings (SSSR count). The van der Waals surface area contributed by atoms with Crippen LogP contribution in [0.2, 0.25) is 0 Å². The summed E-state index contributed by atoms with van der Waals surface area (Å²) >= 11 is 0. The number of hydrogen-bond donors (Lipinski definition) is 1. The Hall–Kier alpha value is -1.09. The van der Waals surface area contributed by atoms with Crippen LogP contribution in [0.3, 0.4) is 0 Å². The Balaban J connectivity index is 1.90. The summed E-state index contributed by atoms with van der Waals surface area (Å²) in [6.45, 7) is 2.07. The van der Waals surface area contributed by atoms with Gasteiger partial charge in [-0.15, -0.1) is 0 Å². The Labute approximate surface area is 101 Å². The van der Waals surface area contributed by atoms with E-state index in [1.807, 2.05) is 6.92 Å². The monoisotopic (exact) mass is 238 g/mol. The molecule has 0 bridgehead atoms. The molecule has 0 amide bonds. The summed E-state index contributed by atoms with van der Waals surface area (Å²) in [5, 5.41) is 9.92. The quantitative estimate of drug-likeness (QED) is 0.873. The molecule has 1 N–H and O–H groups in total. The van der Waals surface area contributed by atoms with Crippen LogP contribution in [0, 0.1) is 18.7 Å². The second-order valence-electron chi connectivity index (χ2n) is 4.86. The molecule has 0 heterocycles. The predicted molar refractivity (Wildman–Crippen MR) is 64.6 cm³/mol. The number of ether oxygens (including phenoxy) is 1. The summed E-state index contributed by atoms with van der Waals surface area (Å²) in [6, 6.07) is 4.76. The first kappa shape index (κ1) is 12.4. The normalized spacial score (nSPS) is 18.3. The van der Waals surface area contributed by atoms with Gasteiger partial charge in [0, 0.05) is 0 Å². The molecule has 1 aromatic rings. The van der Waals surface area contributed by atoms with E-state index in [0.717, 1.165) is 18.4 Å². The number of halogens is 1. The molecule has 0 saturated heterocycles. The summed E-state index contributed by atoms with van der Waals surface area (Å²) in [4.78, 5) is 0. The van der Waals surface area contributed by atoms with Crippen molar-refractivity contribution in [3.8, 4) is 5.75 Å². The van der Waals surface area contributed by atoms with Crippen LogP contribution in [0.4, 0.5) is 4.39 Å². The van der Waals surface area contributed by atoms with Gasteiger partial charge in [0.25, 0.3) is 0 Å². The van der Waals surface area contributed by atoms with Gasteiger partial charge in [0.05, 0.1) is 6.10 Å². The Kier molecular flexibility index (Phi) is 4.00. The Morgan fingerprint density at radius 2 is 2.12 bits per heavy atom. The van der Waals surface area contributed by atoms with Crippen LogP contribution < -0.4 is 4.74 Å². The lowest BCUT2D eigenvalue weighted by Crippen LogP contribution is -2.25. The second-order valence-corrected chi connectivity index (χ2v) is 4.86. The fraction of sp³-hybridized carbons (Fsp3) is 0.571. The number of aryl methyl sites for hydroxylation is 1. The molecule has 17 heavy (non-hydrogen) atoms. The minimum Gasteiger partial charge on any atom is -0.488 e. The van der Waals surface area contributed by atoms with E-state index in [1.165, 1.54) is 18.9 Å². The van der Waals surface area contributed by atoms with Crippen molar-refractivity contribution < 1.29 is 14.2 Å². The van der Waals surface area contributed by atoms with E-state index in [0.29, 0.717) is 5.92 Å². The molecule has 1 unspecified atom stereocenters. The van der Waals surface area contributed by atoms with Crippen molar-refractivity contribution in [1.82, 2.24) is 0 Å². The summed E-state index contributed by atoms with van der Waals surface area (Å²) in [5.41, 5.74) is 0.955. The summed E-state index contributed by atoms with van der Waals surface area (Å²) < 4.78 is 18.8. The molecule has 2 nitrogen and oxygen atoms in total. The molecule has 1 atom stereocenters. The third-order valence-electron chi connectivity index (χ3n) is 3.44. The maximum absolute atomic E-state index is 13.4. The zero-order valence-electron chi connectivity index (χ0n) is 10.2. The third kappa shape index (κ3) is 3.19. The first-order valence-corrected chi connectivity index (χ1v) is 6.24. The van der Waals surface area contributed by atoms with E-state index in [-0.39, 0.29) is 18.2 Å². The van der Waals surface area contributed by atoms with Gasteiger partial charge in [-0.3, -0.25) is 0 Å². The number of rotatable bonds is 4. The van der Waals surface area contributed by atoms with Gasteiger partial charge in [-0.2, -0.15) is 0 Å². The van der Waals surface area contributed by atoms with Crippen LogP contribution in [-0.4, -0.2) is 17.8 Å². The average molecular weight is 238 g/mol. The van der Waals surface area contributed by atoms with Crippen molar-refractivity contribution in [1.29, 1.82) is 0 Å². The summed E-state index contributed by atoms with van der Waals surface area (Å²) in [7, 11) is 0. The molecular formula is C14H19FO2. The minimum absolute atomic E-state index is 0.186. The smallest absolute Gasteiger partial charge is 0.165 e. The number of aliphatic hydroxyl groups is 1. The highest BCUT2D eigenvalue weighted by Gasteiger charge is 2.23. The van der Waals surface area contributed by atoms with Gasteiger partial charge in [0.15, 0.2) is 11.6 Å². The highest BCUT2D eigenvalue weighted by atomic mass is 19.1. The molecule has 1 saturated carbocycles. The number of benzene rings is 1. The highest BCUT2D eigenvalue weighted by Crippen LogP contribution is 2.28. The van der Waals surface area contributed by atoms with Crippen molar-refractivity contribution in [3.05, 3.63) is 29.6 Å². The molecule has 1 aliphatic carbocycles. The average Bonchev–Trinajstić information content (AvgIpc) is 2.83. The third-order valence-corrected chi connectivity index (χ3v) is 3.44. The van der Waals surface area contributed by atoms with E-state index < -0.39 is 6.10 Å². The lowest BCUT2D eigenvalue weighted by atomic mass is 10.0. The van der Waals surface area contributed by atoms with E-state index in [1.54, 1.807) is 12.1 Å². The number of hydrogen-bond acceptors (Lipinski definition) is 2. The van der Waals surface area contributed by atoms with Gasteiger partial charge in [0.1, 0.15) is 6.61 Å². The van der Waals surface area contributed by atoms with Gasteiger partial charge in [0.2, 0.25) is 0 Å². The minimum atomic E-state index is -0.475. The van der Waals surface area contributed by atoms with Crippen LogP contribution in [0.5, 0.6) is 5.75 Å². The standard InChI is InChI=1S/C14H19FO2/c1-10-6-7-12(15)14(8-10)17-9-13(16)11-4-2-3-5-11/h6-8,11,13,16H,2-5,9H2,1H3. The van der Waals surface area contributed by atoms with Crippen LogP contribution in [0.15, 0.2) is 18.2 Å². The van der Waals surface area contributed by atoms with E-state index >= 15 is 0 Å². The van der Waals surface area contributed by atoms with Crippen molar-refractivity contribution in [2.75, 3.05) is 6.61 Å². The molecule has 1 aliphatic rings. The van der Waals surface area contributed by atoms with E-state index in [4.69, 9.17) is 4.74 Å². The molecule has 0 aliphatic heterocycles. The lowest BCUT2D eigenvalue weighted by molar-refractivity contribution is 0.0578. The maximum Gasteiger partial charge on any atom is 0.165 e. The van der Waals surface area contributed by atoms with Crippen molar-refractivity contribution in [2.45, 2.75) is 38.7 Å². The molecule has 94 valence electrons. The fourth-order valence-corrected chi connectivity index (χ4v) is 2.37. The molecule has 1 fully saturated rings.